The number of pyridine rings is 1. The van der Waals surface area contributed by atoms with Crippen LogP contribution in [0.3, 0.4) is 0 Å². The largest absolute Gasteiger partial charge is 0.496 e. The van der Waals surface area contributed by atoms with Gasteiger partial charge in [0.05, 0.1) is 16.5 Å². The van der Waals surface area contributed by atoms with Gasteiger partial charge in [-0.2, -0.15) is 0 Å². The third-order valence-electron chi connectivity index (χ3n) is 2.65. The van der Waals surface area contributed by atoms with Crippen molar-refractivity contribution in [3.8, 4) is 5.75 Å². The Labute approximate surface area is 126 Å². The van der Waals surface area contributed by atoms with Gasteiger partial charge in [0, 0.05) is 18.9 Å². The van der Waals surface area contributed by atoms with E-state index in [9.17, 15) is 8.42 Å². The molecule has 0 aliphatic rings. The Morgan fingerprint density at radius 3 is 2.55 bits per heavy atom. The van der Waals surface area contributed by atoms with Crippen molar-refractivity contribution in [3.05, 3.63) is 52.8 Å². The van der Waals surface area contributed by atoms with Gasteiger partial charge in [0.15, 0.2) is 0 Å². The number of nitrogens with one attached hydrogen (secondary N) is 1. The van der Waals surface area contributed by atoms with Crippen LogP contribution in [0.4, 0.5) is 0 Å². The van der Waals surface area contributed by atoms with Crippen molar-refractivity contribution in [1.82, 2.24) is 9.71 Å². The number of hydrogen-bond donors (Lipinski definition) is 1. The molecule has 0 fully saturated rings. The number of hydrogen-bond acceptors (Lipinski definition) is 4. The van der Waals surface area contributed by atoms with Crippen molar-refractivity contribution in [2.24, 2.45) is 0 Å². The third-order valence-corrected chi connectivity index (χ3v) is 4.67. The SMILES string of the molecule is COc1ccc(S(=O)(=O)NCc2ccncc2)cc1Br. The summed E-state index contributed by atoms with van der Waals surface area (Å²) in [6.07, 6.45) is 3.24. The van der Waals surface area contributed by atoms with E-state index in [1.807, 2.05) is 0 Å². The predicted octanol–water partition coefficient (Wildman–Crippen LogP) is 2.33. The molecule has 0 aliphatic heterocycles. The first kappa shape index (κ1) is 15.0. The lowest BCUT2D eigenvalue weighted by Crippen LogP contribution is -2.23. The van der Waals surface area contributed by atoms with Crippen LogP contribution in [0.25, 0.3) is 0 Å². The van der Waals surface area contributed by atoms with Crippen LogP contribution in [0.2, 0.25) is 0 Å². The van der Waals surface area contributed by atoms with Crippen LogP contribution >= 0.6 is 15.9 Å². The van der Waals surface area contributed by atoms with Gasteiger partial charge in [-0.3, -0.25) is 4.98 Å². The van der Waals surface area contributed by atoms with E-state index in [4.69, 9.17) is 4.74 Å². The first-order valence-corrected chi connectivity index (χ1v) is 8.02. The van der Waals surface area contributed by atoms with Gasteiger partial charge in [0.2, 0.25) is 10.0 Å². The van der Waals surface area contributed by atoms with Crippen molar-refractivity contribution in [3.63, 3.8) is 0 Å². The first-order chi connectivity index (χ1) is 9.53. The van der Waals surface area contributed by atoms with Crippen molar-refractivity contribution < 1.29 is 13.2 Å². The highest BCUT2D eigenvalue weighted by molar-refractivity contribution is 9.10. The summed E-state index contributed by atoms with van der Waals surface area (Å²) >= 11 is 3.27. The number of benzene rings is 1. The summed E-state index contributed by atoms with van der Waals surface area (Å²) in [6.45, 7) is 0.217. The standard InChI is InChI=1S/C13H13BrN2O3S/c1-19-13-3-2-11(8-12(13)14)20(17,18)16-9-10-4-6-15-7-5-10/h2-8,16H,9H2,1H3. The maximum Gasteiger partial charge on any atom is 0.240 e. The lowest BCUT2D eigenvalue weighted by molar-refractivity contribution is 0.411. The predicted molar refractivity (Wildman–Crippen MR) is 79.0 cm³/mol. The Hall–Kier alpha value is -1.44. The van der Waals surface area contributed by atoms with Crippen LogP contribution in [0.5, 0.6) is 5.75 Å². The Balaban J connectivity index is 2.16. The van der Waals surface area contributed by atoms with E-state index in [1.54, 1.807) is 30.6 Å². The molecule has 1 aromatic carbocycles. The van der Waals surface area contributed by atoms with Crippen LogP contribution in [0.1, 0.15) is 5.56 Å². The minimum atomic E-state index is -3.56. The smallest absolute Gasteiger partial charge is 0.240 e. The molecule has 0 saturated carbocycles. The molecule has 0 atom stereocenters. The van der Waals surface area contributed by atoms with Gasteiger partial charge in [-0.15, -0.1) is 0 Å². The maximum absolute atomic E-state index is 12.2. The van der Waals surface area contributed by atoms with Gasteiger partial charge in [0.25, 0.3) is 0 Å². The second kappa shape index (κ2) is 6.34. The number of sulfonamides is 1. The summed E-state index contributed by atoms with van der Waals surface area (Å²) in [6, 6.07) is 8.12. The molecular weight excluding hydrogens is 344 g/mol. The Kier molecular flexibility index (Phi) is 4.74. The molecule has 2 rings (SSSR count). The molecule has 106 valence electrons. The molecule has 1 heterocycles. The van der Waals surface area contributed by atoms with E-state index in [1.165, 1.54) is 19.2 Å². The van der Waals surface area contributed by atoms with Crippen LogP contribution in [-0.2, 0) is 16.6 Å². The molecule has 0 bridgehead atoms. The summed E-state index contributed by atoms with van der Waals surface area (Å²) in [4.78, 5) is 4.06. The number of methoxy groups -OCH3 is 1. The molecule has 0 saturated heterocycles. The fourth-order valence-electron chi connectivity index (χ4n) is 1.58. The second-order valence-corrected chi connectivity index (χ2v) is 6.60. The Morgan fingerprint density at radius 2 is 1.95 bits per heavy atom. The second-order valence-electron chi connectivity index (χ2n) is 3.98. The van der Waals surface area contributed by atoms with Gasteiger partial charge in [-0.25, -0.2) is 13.1 Å². The van der Waals surface area contributed by atoms with E-state index in [0.29, 0.717) is 10.2 Å². The molecule has 0 radical (unpaired) electrons. The molecule has 5 nitrogen and oxygen atoms in total. The lowest BCUT2D eigenvalue weighted by Gasteiger charge is -2.09. The van der Waals surface area contributed by atoms with E-state index < -0.39 is 10.0 Å². The van der Waals surface area contributed by atoms with Gasteiger partial charge in [-0.05, 0) is 51.8 Å². The first-order valence-electron chi connectivity index (χ1n) is 5.75. The molecule has 20 heavy (non-hydrogen) atoms. The molecule has 1 N–H and O–H groups in total. The summed E-state index contributed by atoms with van der Waals surface area (Å²) < 4.78 is 32.5. The van der Waals surface area contributed by atoms with Crippen molar-refractivity contribution in [2.75, 3.05) is 7.11 Å². The number of ether oxygens (including phenoxy) is 1. The Morgan fingerprint density at radius 1 is 1.25 bits per heavy atom. The van der Waals surface area contributed by atoms with Crippen LogP contribution in [0, 0.1) is 0 Å². The summed E-state index contributed by atoms with van der Waals surface area (Å²) in [5.41, 5.74) is 0.844. The van der Waals surface area contributed by atoms with Crippen molar-refractivity contribution in [1.29, 1.82) is 0 Å². The summed E-state index contributed by atoms with van der Waals surface area (Å²) in [5, 5.41) is 0. The number of nitrogens with zero attached hydrogens (tertiary/aromatic N) is 1. The van der Waals surface area contributed by atoms with E-state index in [2.05, 4.69) is 25.6 Å². The van der Waals surface area contributed by atoms with E-state index in [0.717, 1.165) is 5.56 Å². The molecule has 0 aliphatic carbocycles. The Bertz CT molecular complexity index is 690. The van der Waals surface area contributed by atoms with Crippen molar-refractivity contribution in [2.45, 2.75) is 11.4 Å². The van der Waals surface area contributed by atoms with Gasteiger partial charge < -0.3 is 4.74 Å². The van der Waals surface area contributed by atoms with Gasteiger partial charge >= 0.3 is 0 Å². The highest BCUT2D eigenvalue weighted by Crippen LogP contribution is 2.27. The van der Waals surface area contributed by atoms with Crippen LogP contribution in [0.15, 0.2) is 52.1 Å². The number of rotatable bonds is 5. The van der Waals surface area contributed by atoms with E-state index in [-0.39, 0.29) is 11.4 Å². The zero-order chi connectivity index (χ0) is 14.6. The highest BCUT2D eigenvalue weighted by atomic mass is 79.9. The zero-order valence-corrected chi connectivity index (χ0v) is 13.1. The average Bonchev–Trinajstić information content (AvgIpc) is 2.46. The number of aromatic nitrogens is 1. The van der Waals surface area contributed by atoms with Crippen LogP contribution < -0.4 is 9.46 Å². The molecule has 0 unspecified atom stereocenters. The highest BCUT2D eigenvalue weighted by Gasteiger charge is 2.15. The van der Waals surface area contributed by atoms with Gasteiger partial charge in [-0.1, -0.05) is 0 Å². The number of halogens is 1. The van der Waals surface area contributed by atoms with Crippen LogP contribution in [-0.4, -0.2) is 20.5 Å². The quantitative estimate of drug-likeness (QED) is 0.892. The third kappa shape index (κ3) is 3.56. The summed E-state index contributed by atoms with van der Waals surface area (Å²) in [7, 11) is -2.04. The molecule has 0 amide bonds. The monoisotopic (exact) mass is 356 g/mol. The fourth-order valence-corrected chi connectivity index (χ4v) is 3.31. The molecule has 7 heteroatoms. The molecule has 0 spiro atoms. The molecule has 2 aromatic rings. The van der Waals surface area contributed by atoms with Gasteiger partial charge in [0.1, 0.15) is 5.75 Å². The minimum absolute atomic E-state index is 0.180. The zero-order valence-electron chi connectivity index (χ0n) is 10.7. The molecule has 1 aromatic heterocycles. The topological polar surface area (TPSA) is 68.3 Å². The average molecular weight is 357 g/mol. The van der Waals surface area contributed by atoms with Crippen molar-refractivity contribution >= 4 is 26.0 Å². The normalized spacial score (nSPS) is 11.3. The lowest BCUT2D eigenvalue weighted by atomic mass is 10.3. The maximum atomic E-state index is 12.2. The molecular formula is C13H13BrN2O3S. The van der Waals surface area contributed by atoms with E-state index >= 15 is 0 Å². The fraction of sp³-hybridized carbons (Fsp3) is 0.154. The minimum Gasteiger partial charge on any atom is -0.496 e. The summed E-state index contributed by atoms with van der Waals surface area (Å²) in [5.74, 6) is 0.582.